The lowest BCUT2D eigenvalue weighted by atomic mass is 9.89. The van der Waals surface area contributed by atoms with Crippen LogP contribution in [0.2, 0.25) is 0 Å². The molecule has 1 saturated carbocycles. The smallest absolute Gasteiger partial charge is 0.258 e. The van der Waals surface area contributed by atoms with Crippen LogP contribution in [0.25, 0.3) is 0 Å². The van der Waals surface area contributed by atoms with E-state index < -0.39 is 0 Å². The van der Waals surface area contributed by atoms with Gasteiger partial charge < -0.3 is 20.1 Å². The number of methoxy groups -OCH3 is 1. The summed E-state index contributed by atoms with van der Waals surface area (Å²) in [6, 6.07) is 5.51. The highest BCUT2D eigenvalue weighted by Gasteiger charge is 2.37. The molecule has 0 bridgehead atoms. The van der Waals surface area contributed by atoms with E-state index in [1.165, 1.54) is 6.42 Å². The highest BCUT2D eigenvalue weighted by molar-refractivity contribution is 5.99. The third-order valence-corrected chi connectivity index (χ3v) is 4.47. The van der Waals surface area contributed by atoms with Crippen molar-refractivity contribution in [2.45, 2.75) is 37.8 Å². The number of anilines is 1. The second kappa shape index (κ2) is 5.93. The van der Waals surface area contributed by atoms with Crippen molar-refractivity contribution in [3.8, 4) is 5.75 Å². The van der Waals surface area contributed by atoms with Gasteiger partial charge in [-0.05, 0) is 25.0 Å². The van der Waals surface area contributed by atoms with Gasteiger partial charge in [-0.3, -0.25) is 4.79 Å². The van der Waals surface area contributed by atoms with Crippen molar-refractivity contribution in [1.29, 1.82) is 0 Å². The minimum Gasteiger partial charge on any atom is -0.494 e. The van der Waals surface area contributed by atoms with Crippen LogP contribution in [0.15, 0.2) is 18.2 Å². The summed E-state index contributed by atoms with van der Waals surface area (Å²) in [7, 11) is 1.55. The maximum absolute atomic E-state index is 12.9. The number of fused-ring (bicyclic) bond motifs is 1. The third kappa shape index (κ3) is 2.58. The van der Waals surface area contributed by atoms with Crippen molar-refractivity contribution < 1.29 is 14.3 Å². The predicted molar refractivity (Wildman–Crippen MR) is 80.4 cm³/mol. The first-order chi connectivity index (χ1) is 10.2. The zero-order chi connectivity index (χ0) is 14.8. The van der Waals surface area contributed by atoms with Gasteiger partial charge in [0.1, 0.15) is 0 Å². The molecule has 5 heteroatoms. The Morgan fingerprint density at radius 2 is 2.19 bits per heavy atom. The zero-order valence-corrected chi connectivity index (χ0v) is 12.4. The first kappa shape index (κ1) is 14.2. The van der Waals surface area contributed by atoms with Gasteiger partial charge in [-0.15, -0.1) is 0 Å². The number of nitrogens with zero attached hydrogens (tertiary/aromatic N) is 1. The van der Waals surface area contributed by atoms with Gasteiger partial charge in [-0.2, -0.15) is 0 Å². The Kier molecular flexibility index (Phi) is 4.01. The summed E-state index contributed by atoms with van der Waals surface area (Å²) in [5, 5.41) is 0. The van der Waals surface area contributed by atoms with Gasteiger partial charge in [-0.1, -0.05) is 18.9 Å². The van der Waals surface area contributed by atoms with Crippen LogP contribution >= 0.6 is 0 Å². The normalized spacial score (nSPS) is 25.3. The van der Waals surface area contributed by atoms with Crippen molar-refractivity contribution >= 4 is 11.6 Å². The molecule has 1 amide bonds. The number of para-hydroxylation sites is 1. The van der Waals surface area contributed by atoms with Crippen LogP contribution in [0, 0.1) is 0 Å². The van der Waals surface area contributed by atoms with Crippen molar-refractivity contribution in [2.75, 3.05) is 26.0 Å². The predicted octanol–water partition coefficient (Wildman–Crippen LogP) is 2.06. The largest absolute Gasteiger partial charge is 0.494 e. The summed E-state index contributed by atoms with van der Waals surface area (Å²) in [4.78, 5) is 14.9. The fraction of sp³-hybridized carbons (Fsp3) is 0.562. The molecule has 0 aromatic heterocycles. The summed E-state index contributed by atoms with van der Waals surface area (Å²) in [6.45, 7) is 1.25. The van der Waals surface area contributed by atoms with E-state index in [-0.39, 0.29) is 18.1 Å². The highest BCUT2D eigenvalue weighted by atomic mass is 16.5. The van der Waals surface area contributed by atoms with E-state index in [4.69, 9.17) is 15.2 Å². The van der Waals surface area contributed by atoms with E-state index >= 15 is 0 Å². The standard InChI is InChI=1S/C16H22N2O3/c1-20-15-11(5-4-6-12(15)17)16(19)18-9-10-21-14-8-3-2-7-13(14)18/h4-6,13-14H,2-3,7-10,17H2,1H3. The number of nitrogens with two attached hydrogens (primary N) is 1. The molecule has 1 aliphatic heterocycles. The molecule has 1 aromatic rings. The first-order valence-corrected chi connectivity index (χ1v) is 7.57. The Labute approximate surface area is 125 Å². The summed E-state index contributed by atoms with van der Waals surface area (Å²) < 4.78 is 11.1. The number of carbonyl (C=O) groups is 1. The molecule has 1 aromatic carbocycles. The van der Waals surface area contributed by atoms with Gasteiger partial charge in [-0.25, -0.2) is 0 Å². The zero-order valence-electron chi connectivity index (χ0n) is 12.4. The molecule has 1 saturated heterocycles. The molecule has 1 heterocycles. The van der Waals surface area contributed by atoms with E-state index in [0.29, 0.717) is 30.2 Å². The Hall–Kier alpha value is -1.75. The monoisotopic (exact) mass is 290 g/mol. The van der Waals surface area contributed by atoms with Crippen LogP contribution in [0.1, 0.15) is 36.0 Å². The number of benzene rings is 1. The topological polar surface area (TPSA) is 64.8 Å². The highest BCUT2D eigenvalue weighted by Crippen LogP contribution is 2.32. The van der Waals surface area contributed by atoms with Gasteiger partial charge in [0.2, 0.25) is 0 Å². The van der Waals surface area contributed by atoms with Crippen LogP contribution in [0.4, 0.5) is 5.69 Å². The maximum Gasteiger partial charge on any atom is 0.258 e. The van der Waals surface area contributed by atoms with Gasteiger partial charge in [0.05, 0.1) is 37.1 Å². The lowest BCUT2D eigenvalue weighted by Crippen LogP contribution is -2.54. The average Bonchev–Trinajstić information content (AvgIpc) is 2.53. The number of hydrogen-bond acceptors (Lipinski definition) is 4. The molecule has 0 spiro atoms. The van der Waals surface area contributed by atoms with Crippen molar-refractivity contribution in [3.05, 3.63) is 23.8 Å². The molecule has 1 aliphatic carbocycles. The van der Waals surface area contributed by atoms with Crippen molar-refractivity contribution in [1.82, 2.24) is 4.90 Å². The molecule has 5 nitrogen and oxygen atoms in total. The number of rotatable bonds is 2. The quantitative estimate of drug-likeness (QED) is 0.847. The van der Waals surface area contributed by atoms with Crippen molar-refractivity contribution in [3.63, 3.8) is 0 Å². The minimum atomic E-state index is -0.000602. The second-order valence-corrected chi connectivity index (χ2v) is 5.69. The fourth-order valence-corrected chi connectivity index (χ4v) is 3.45. The first-order valence-electron chi connectivity index (χ1n) is 7.57. The number of nitrogen functional groups attached to an aromatic ring is 1. The SMILES string of the molecule is COc1c(N)cccc1C(=O)N1CCOC2CCCCC21. The number of hydrogen-bond donors (Lipinski definition) is 1. The van der Waals surface area contributed by atoms with Crippen LogP contribution in [0.3, 0.4) is 0 Å². The molecular weight excluding hydrogens is 268 g/mol. The number of ether oxygens (including phenoxy) is 2. The fourth-order valence-electron chi connectivity index (χ4n) is 3.45. The third-order valence-electron chi connectivity index (χ3n) is 4.47. The molecule has 0 radical (unpaired) electrons. The van der Waals surface area contributed by atoms with Gasteiger partial charge in [0.15, 0.2) is 5.75 Å². The Morgan fingerprint density at radius 1 is 1.38 bits per heavy atom. The van der Waals surface area contributed by atoms with Crippen LogP contribution in [0.5, 0.6) is 5.75 Å². The lowest BCUT2D eigenvalue weighted by Gasteiger charge is -2.43. The molecule has 2 atom stereocenters. The van der Waals surface area contributed by atoms with Gasteiger partial charge >= 0.3 is 0 Å². The maximum atomic E-state index is 12.9. The summed E-state index contributed by atoms with van der Waals surface area (Å²) >= 11 is 0. The summed E-state index contributed by atoms with van der Waals surface area (Å²) in [5.41, 5.74) is 6.95. The van der Waals surface area contributed by atoms with Crippen molar-refractivity contribution in [2.24, 2.45) is 0 Å². The number of morpholine rings is 1. The van der Waals surface area contributed by atoms with Crippen LogP contribution in [-0.4, -0.2) is 43.2 Å². The Balaban J connectivity index is 1.89. The summed E-state index contributed by atoms with van der Waals surface area (Å²) in [5.74, 6) is 0.473. The molecule has 2 unspecified atom stereocenters. The Morgan fingerprint density at radius 3 is 3.00 bits per heavy atom. The lowest BCUT2D eigenvalue weighted by molar-refractivity contribution is -0.0753. The molecule has 21 heavy (non-hydrogen) atoms. The molecule has 2 aliphatic rings. The molecule has 2 fully saturated rings. The van der Waals surface area contributed by atoms with Crippen LogP contribution < -0.4 is 10.5 Å². The van der Waals surface area contributed by atoms with Gasteiger partial charge in [0.25, 0.3) is 5.91 Å². The van der Waals surface area contributed by atoms with E-state index in [1.807, 2.05) is 4.90 Å². The summed E-state index contributed by atoms with van der Waals surface area (Å²) in [6.07, 6.45) is 4.58. The van der Waals surface area contributed by atoms with E-state index in [2.05, 4.69) is 0 Å². The average molecular weight is 290 g/mol. The van der Waals surface area contributed by atoms with Gasteiger partial charge in [0, 0.05) is 6.54 Å². The molecule has 2 N–H and O–H groups in total. The molecule has 3 rings (SSSR count). The number of amides is 1. The minimum absolute atomic E-state index is 0.000602. The second-order valence-electron chi connectivity index (χ2n) is 5.69. The van der Waals surface area contributed by atoms with E-state index in [9.17, 15) is 4.79 Å². The van der Waals surface area contributed by atoms with Crippen LogP contribution in [-0.2, 0) is 4.74 Å². The van der Waals surface area contributed by atoms with E-state index in [1.54, 1.807) is 25.3 Å². The number of carbonyl (C=O) groups excluding carboxylic acids is 1. The molecule has 114 valence electrons. The molecular formula is C16H22N2O3. The van der Waals surface area contributed by atoms with E-state index in [0.717, 1.165) is 19.3 Å². The Bertz CT molecular complexity index is 530.